The predicted octanol–water partition coefficient (Wildman–Crippen LogP) is 3.27. The van der Waals surface area contributed by atoms with Gasteiger partial charge >= 0.3 is 0 Å². The number of aromatic nitrogens is 1. The largest absolute Gasteiger partial charge is 0.345 e. The van der Waals surface area contributed by atoms with Crippen LogP contribution in [0.25, 0.3) is 11.3 Å². The summed E-state index contributed by atoms with van der Waals surface area (Å²) in [7, 11) is 0. The molecule has 2 N–H and O–H groups in total. The molecule has 2 aliphatic heterocycles. The monoisotopic (exact) mass is 443 g/mol. The average molecular weight is 444 g/mol. The second kappa shape index (κ2) is 8.43. The SMILES string of the molecule is O=C(C1CC(c2ccc(F)cc2)NN1)N1CCN(c2nc(-c3ccsc3)cs2)CC1. The summed E-state index contributed by atoms with van der Waals surface area (Å²) in [5, 5.41) is 7.28. The van der Waals surface area contributed by atoms with Crippen LogP contribution < -0.4 is 15.8 Å². The number of nitrogens with one attached hydrogen (secondary N) is 2. The molecule has 0 saturated carbocycles. The van der Waals surface area contributed by atoms with Crippen molar-refractivity contribution in [3.05, 3.63) is 57.9 Å². The zero-order valence-electron chi connectivity index (χ0n) is 16.3. The van der Waals surface area contributed by atoms with Crippen LogP contribution in [0.2, 0.25) is 0 Å². The van der Waals surface area contributed by atoms with Crippen LogP contribution in [0.1, 0.15) is 18.0 Å². The summed E-state index contributed by atoms with van der Waals surface area (Å²) in [5.74, 6) is -0.136. The van der Waals surface area contributed by atoms with Gasteiger partial charge in [-0.15, -0.1) is 11.3 Å². The summed E-state index contributed by atoms with van der Waals surface area (Å²) in [6.07, 6.45) is 0.654. The number of rotatable bonds is 4. The lowest BCUT2D eigenvalue weighted by Crippen LogP contribution is -2.53. The number of hydrogen-bond donors (Lipinski definition) is 2. The molecule has 2 unspecified atom stereocenters. The highest BCUT2D eigenvalue weighted by Gasteiger charge is 2.34. The fourth-order valence-corrected chi connectivity index (χ4v) is 5.46. The molecule has 4 heterocycles. The number of thiophene rings is 1. The Hall–Kier alpha value is -2.33. The van der Waals surface area contributed by atoms with Crippen molar-refractivity contribution in [1.82, 2.24) is 20.7 Å². The topological polar surface area (TPSA) is 60.5 Å². The predicted molar refractivity (Wildman–Crippen MR) is 118 cm³/mol. The van der Waals surface area contributed by atoms with Crippen LogP contribution >= 0.6 is 22.7 Å². The van der Waals surface area contributed by atoms with Crippen molar-refractivity contribution >= 4 is 33.7 Å². The molecule has 2 aromatic heterocycles. The van der Waals surface area contributed by atoms with Crippen LogP contribution in [0.15, 0.2) is 46.5 Å². The van der Waals surface area contributed by atoms with Crippen LogP contribution in [-0.2, 0) is 4.79 Å². The number of hydrogen-bond acceptors (Lipinski definition) is 7. The van der Waals surface area contributed by atoms with Gasteiger partial charge in [0.25, 0.3) is 0 Å². The molecule has 0 radical (unpaired) electrons. The summed E-state index contributed by atoms with van der Waals surface area (Å²) < 4.78 is 13.1. The fourth-order valence-electron chi connectivity index (χ4n) is 3.92. The van der Waals surface area contributed by atoms with Crippen LogP contribution in [-0.4, -0.2) is 48.0 Å². The number of amides is 1. The van der Waals surface area contributed by atoms with Crippen LogP contribution in [0, 0.1) is 5.82 Å². The van der Waals surface area contributed by atoms with E-state index in [2.05, 4.69) is 38.0 Å². The van der Waals surface area contributed by atoms with Crippen molar-refractivity contribution in [1.29, 1.82) is 0 Å². The fraction of sp³-hybridized carbons (Fsp3) is 0.333. The van der Waals surface area contributed by atoms with E-state index in [4.69, 9.17) is 4.98 Å². The number of benzene rings is 1. The number of hydrazine groups is 1. The quantitative estimate of drug-likeness (QED) is 0.648. The highest BCUT2D eigenvalue weighted by molar-refractivity contribution is 7.14. The van der Waals surface area contributed by atoms with E-state index >= 15 is 0 Å². The van der Waals surface area contributed by atoms with Gasteiger partial charge in [0, 0.05) is 48.5 Å². The summed E-state index contributed by atoms with van der Waals surface area (Å²) in [5.41, 5.74) is 9.45. The van der Waals surface area contributed by atoms with Gasteiger partial charge in [-0.25, -0.2) is 20.2 Å². The van der Waals surface area contributed by atoms with Crippen molar-refractivity contribution in [2.75, 3.05) is 31.1 Å². The summed E-state index contributed by atoms with van der Waals surface area (Å²) >= 11 is 3.33. The first-order valence-electron chi connectivity index (χ1n) is 9.96. The standard InChI is InChI=1S/C21H22FN5OS2/c22-16-3-1-14(2-4-16)17-11-18(25-24-17)20(28)26-6-8-27(9-7-26)21-23-19(13-30-21)15-5-10-29-12-15/h1-5,10,12-13,17-18,24-25H,6-9,11H2. The van der Waals surface area contributed by atoms with E-state index in [1.54, 1.807) is 34.8 Å². The molecular formula is C21H22FN5OS2. The van der Waals surface area contributed by atoms with Gasteiger partial charge in [-0.05, 0) is 35.6 Å². The molecule has 6 nitrogen and oxygen atoms in total. The molecule has 156 valence electrons. The third-order valence-electron chi connectivity index (χ3n) is 5.64. The molecule has 1 amide bonds. The normalized spacial score (nSPS) is 21.9. The zero-order valence-corrected chi connectivity index (χ0v) is 17.9. The molecule has 2 saturated heterocycles. The average Bonchev–Trinajstić information content (AvgIpc) is 3.55. The highest BCUT2D eigenvalue weighted by atomic mass is 32.1. The van der Waals surface area contributed by atoms with Gasteiger partial charge in [0.15, 0.2) is 5.13 Å². The van der Waals surface area contributed by atoms with E-state index < -0.39 is 0 Å². The van der Waals surface area contributed by atoms with Gasteiger partial charge in [0.2, 0.25) is 5.91 Å². The van der Waals surface area contributed by atoms with E-state index in [-0.39, 0.29) is 23.8 Å². The molecule has 2 atom stereocenters. The summed E-state index contributed by atoms with van der Waals surface area (Å²) in [6.45, 7) is 2.94. The zero-order chi connectivity index (χ0) is 20.5. The van der Waals surface area contributed by atoms with Crippen molar-refractivity contribution in [3.8, 4) is 11.3 Å². The minimum Gasteiger partial charge on any atom is -0.345 e. The van der Waals surface area contributed by atoms with Crippen LogP contribution in [0.5, 0.6) is 0 Å². The Morgan fingerprint density at radius 2 is 1.87 bits per heavy atom. The lowest BCUT2D eigenvalue weighted by Gasteiger charge is -2.35. The first kappa shape index (κ1) is 19.6. The highest BCUT2D eigenvalue weighted by Crippen LogP contribution is 2.29. The number of anilines is 1. The van der Waals surface area contributed by atoms with Gasteiger partial charge in [-0.3, -0.25) is 4.79 Å². The Morgan fingerprint density at radius 3 is 2.60 bits per heavy atom. The third kappa shape index (κ3) is 3.98. The number of carbonyl (C=O) groups excluding carboxylic acids is 1. The second-order valence-electron chi connectivity index (χ2n) is 7.52. The summed E-state index contributed by atoms with van der Waals surface area (Å²) in [4.78, 5) is 21.9. The van der Waals surface area contributed by atoms with Gasteiger partial charge < -0.3 is 9.80 Å². The van der Waals surface area contributed by atoms with Crippen molar-refractivity contribution in [2.24, 2.45) is 0 Å². The molecule has 5 rings (SSSR count). The molecule has 0 bridgehead atoms. The molecule has 30 heavy (non-hydrogen) atoms. The maximum atomic E-state index is 13.1. The van der Waals surface area contributed by atoms with Crippen molar-refractivity contribution in [3.63, 3.8) is 0 Å². The number of carbonyl (C=O) groups is 1. The van der Waals surface area contributed by atoms with Crippen LogP contribution in [0.3, 0.4) is 0 Å². The van der Waals surface area contributed by atoms with Crippen molar-refractivity contribution < 1.29 is 9.18 Å². The number of piperazine rings is 1. The van der Waals surface area contributed by atoms with Gasteiger partial charge in [0.05, 0.1) is 5.69 Å². The maximum absolute atomic E-state index is 13.1. The van der Waals surface area contributed by atoms with Gasteiger partial charge in [-0.1, -0.05) is 12.1 Å². The maximum Gasteiger partial charge on any atom is 0.241 e. The summed E-state index contributed by atoms with van der Waals surface area (Å²) in [6, 6.07) is 8.25. The van der Waals surface area contributed by atoms with Crippen LogP contribution in [0.4, 0.5) is 9.52 Å². The Bertz CT molecular complexity index is 999. The van der Waals surface area contributed by atoms with E-state index in [0.29, 0.717) is 19.5 Å². The minimum atomic E-state index is -0.267. The molecule has 0 aliphatic carbocycles. The molecule has 1 aromatic carbocycles. The second-order valence-corrected chi connectivity index (χ2v) is 9.14. The molecule has 2 fully saturated rings. The van der Waals surface area contributed by atoms with E-state index in [1.165, 1.54) is 12.1 Å². The minimum absolute atomic E-state index is 0.00619. The Kier molecular flexibility index (Phi) is 5.51. The molecule has 0 spiro atoms. The molecule has 2 aliphatic rings. The smallest absolute Gasteiger partial charge is 0.241 e. The van der Waals surface area contributed by atoms with Crippen molar-refractivity contribution in [2.45, 2.75) is 18.5 Å². The molecule has 3 aromatic rings. The lowest BCUT2D eigenvalue weighted by molar-refractivity contribution is -0.133. The first-order chi connectivity index (χ1) is 14.7. The molecule has 9 heteroatoms. The van der Waals surface area contributed by atoms with E-state index in [9.17, 15) is 9.18 Å². The Labute approximate surface area is 182 Å². The van der Waals surface area contributed by atoms with Gasteiger partial charge in [-0.2, -0.15) is 11.3 Å². The van der Waals surface area contributed by atoms with E-state index in [0.717, 1.165) is 35.0 Å². The molecular weight excluding hydrogens is 421 g/mol. The number of nitrogens with zero attached hydrogens (tertiary/aromatic N) is 3. The Morgan fingerprint density at radius 1 is 1.07 bits per heavy atom. The number of halogens is 1. The van der Waals surface area contributed by atoms with Gasteiger partial charge in [0.1, 0.15) is 11.9 Å². The Balaban J connectivity index is 1.16. The first-order valence-corrected chi connectivity index (χ1v) is 11.8. The van der Waals surface area contributed by atoms with E-state index in [1.807, 2.05) is 4.90 Å². The third-order valence-corrected chi connectivity index (χ3v) is 7.23. The lowest BCUT2D eigenvalue weighted by atomic mass is 10.0. The number of thiazole rings is 1.